The topological polar surface area (TPSA) is 106 Å². The van der Waals surface area contributed by atoms with Gasteiger partial charge in [0, 0.05) is 44.1 Å². The lowest BCUT2D eigenvalue weighted by atomic mass is 9.93. The SMILES string of the molecule is CC(Nc1ccc(Cl)c(-c2cc(NC(=O)C3CCCN(OC=O)C3)ncc2Cl)n1)C1CCOCC1. The van der Waals surface area contributed by atoms with E-state index in [0.717, 1.165) is 32.5 Å². The van der Waals surface area contributed by atoms with Gasteiger partial charge in [0.2, 0.25) is 5.91 Å². The van der Waals surface area contributed by atoms with Gasteiger partial charge in [-0.1, -0.05) is 23.2 Å². The number of hydroxylamine groups is 2. The van der Waals surface area contributed by atoms with Gasteiger partial charge in [-0.3, -0.25) is 9.59 Å². The van der Waals surface area contributed by atoms with Crippen molar-refractivity contribution >= 4 is 47.2 Å². The summed E-state index contributed by atoms with van der Waals surface area (Å²) in [6, 6.07) is 5.52. The van der Waals surface area contributed by atoms with E-state index in [1.165, 1.54) is 11.3 Å². The summed E-state index contributed by atoms with van der Waals surface area (Å²) in [6.07, 6.45) is 4.92. The van der Waals surface area contributed by atoms with E-state index in [0.29, 0.717) is 64.8 Å². The number of rotatable bonds is 8. The van der Waals surface area contributed by atoms with Crippen LogP contribution in [0.1, 0.15) is 32.6 Å². The minimum absolute atomic E-state index is 0.204. The van der Waals surface area contributed by atoms with Crippen molar-refractivity contribution < 1.29 is 19.2 Å². The summed E-state index contributed by atoms with van der Waals surface area (Å²) in [6.45, 7) is 5.01. The quantitative estimate of drug-likeness (QED) is 0.491. The molecule has 2 aliphatic rings. The summed E-state index contributed by atoms with van der Waals surface area (Å²) in [5.74, 6) is 1.01. The number of amides is 1. The zero-order valence-electron chi connectivity index (χ0n) is 19.5. The second-order valence-electron chi connectivity index (χ2n) is 8.88. The molecule has 0 spiro atoms. The highest BCUT2D eigenvalue weighted by atomic mass is 35.5. The fourth-order valence-electron chi connectivity index (χ4n) is 4.51. The minimum Gasteiger partial charge on any atom is -0.381 e. The molecular formula is C24H29Cl2N5O4. The number of anilines is 2. The number of ether oxygens (including phenoxy) is 1. The molecule has 0 aliphatic carbocycles. The van der Waals surface area contributed by atoms with Gasteiger partial charge in [-0.15, -0.1) is 5.06 Å². The van der Waals surface area contributed by atoms with E-state index in [1.807, 2.05) is 6.07 Å². The molecule has 2 aromatic heterocycles. The average Bonchev–Trinajstić information content (AvgIpc) is 2.87. The molecule has 35 heavy (non-hydrogen) atoms. The number of halogens is 2. The molecular weight excluding hydrogens is 493 g/mol. The molecule has 2 aromatic rings. The Hall–Kier alpha value is -2.46. The Morgan fingerprint density at radius 1 is 1.23 bits per heavy atom. The van der Waals surface area contributed by atoms with Crippen molar-refractivity contribution in [3.05, 3.63) is 34.4 Å². The molecule has 2 atom stereocenters. The normalized spacial score (nSPS) is 20.1. The number of carbonyl (C=O) groups excluding carboxylic acids is 2. The first-order valence-corrected chi connectivity index (χ1v) is 12.5. The second-order valence-corrected chi connectivity index (χ2v) is 9.69. The summed E-state index contributed by atoms with van der Waals surface area (Å²) in [4.78, 5) is 37.3. The number of carbonyl (C=O) groups is 2. The fourth-order valence-corrected chi connectivity index (χ4v) is 4.91. The van der Waals surface area contributed by atoms with Crippen LogP contribution in [0.3, 0.4) is 0 Å². The van der Waals surface area contributed by atoms with E-state index in [9.17, 15) is 9.59 Å². The standard InChI is InChI=1S/C24H29Cl2N5O4/c1-15(16-6-9-34-10-7-16)28-21-5-4-19(25)23(29-21)18-11-22(27-12-20(18)26)30-24(33)17-3-2-8-31(13-17)35-14-32/h4-5,11-12,14-17H,2-3,6-10,13H2,1H3,(H,28,29)(H,27,30,33). The molecule has 0 saturated carbocycles. The predicted octanol–water partition coefficient (Wildman–Crippen LogP) is 4.42. The van der Waals surface area contributed by atoms with Crippen molar-refractivity contribution in [1.82, 2.24) is 15.0 Å². The van der Waals surface area contributed by atoms with E-state index in [1.54, 1.807) is 12.1 Å². The van der Waals surface area contributed by atoms with Crippen molar-refractivity contribution in [2.24, 2.45) is 11.8 Å². The van der Waals surface area contributed by atoms with Gasteiger partial charge in [-0.2, -0.15) is 0 Å². The maximum Gasteiger partial charge on any atom is 0.312 e. The maximum absolute atomic E-state index is 12.8. The zero-order valence-corrected chi connectivity index (χ0v) is 21.0. The van der Waals surface area contributed by atoms with Crippen LogP contribution in [0.4, 0.5) is 11.6 Å². The van der Waals surface area contributed by atoms with Crippen molar-refractivity contribution in [2.45, 2.75) is 38.6 Å². The van der Waals surface area contributed by atoms with Crippen LogP contribution in [0.5, 0.6) is 0 Å². The zero-order chi connectivity index (χ0) is 24.8. The van der Waals surface area contributed by atoms with Crippen molar-refractivity contribution in [2.75, 3.05) is 36.9 Å². The summed E-state index contributed by atoms with van der Waals surface area (Å²) in [5.41, 5.74) is 1.07. The first kappa shape index (κ1) is 25.6. The molecule has 4 heterocycles. The van der Waals surface area contributed by atoms with Gasteiger partial charge in [0.25, 0.3) is 0 Å². The Balaban J connectivity index is 1.49. The number of hydrogen-bond donors (Lipinski definition) is 2. The Morgan fingerprint density at radius 3 is 2.80 bits per heavy atom. The van der Waals surface area contributed by atoms with E-state index in [4.69, 9.17) is 37.8 Å². The smallest absolute Gasteiger partial charge is 0.312 e. The van der Waals surface area contributed by atoms with Crippen LogP contribution < -0.4 is 10.6 Å². The third-order valence-corrected chi connectivity index (χ3v) is 7.11. The first-order valence-electron chi connectivity index (χ1n) is 11.8. The molecule has 188 valence electrons. The van der Waals surface area contributed by atoms with Crippen LogP contribution in [-0.4, -0.2) is 59.8 Å². The monoisotopic (exact) mass is 521 g/mol. The molecule has 1 amide bonds. The third-order valence-electron chi connectivity index (χ3n) is 6.50. The van der Waals surface area contributed by atoms with Crippen LogP contribution in [-0.2, 0) is 19.2 Å². The largest absolute Gasteiger partial charge is 0.381 e. The Bertz CT molecular complexity index is 1050. The Kier molecular flexibility index (Phi) is 8.78. The molecule has 0 bridgehead atoms. The Morgan fingerprint density at radius 2 is 2.03 bits per heavy atom. The van der Waals surface area contributed by atoms with Crippen LogP contribution in [0.2, 0.25) is 10.0 Å². The van der Waals surface area contributed by atoms with Gasteiger partial charge in [-0.25, -0.2) is 9.97 Å². The van der Waals surface area contributed by atoms with Crippen LogP contribution >= 0.6 is 23.2 Å². The molecule has 2 unspecified atom stereocenters. The molecule has 2 aliphatic heterocycles. The molecule has 2 fully saturated rings. The highest BCUT2D eigenvalue weighted by Crippen LogP contribution is 2.34. The predicted molar refractivity (Wildman–Crippen MR) is 134 cm³/mol. The van der Waals surface area contributed by atoms with Crippen molar-refractivity contribution in [3.63, 3.8) is 0 Å². The summed E-state index contributed by atoms with van der Waals surface area (Å²) in [7, 11) is 0. The lowest BCUT2D eigenvalue weighted by Crippen LogP contribution is -2.40. The number of nitrogens with zero attached hydrogens (tertiary/aromatic N) is 3. The number of piperidine rings is 1. The van der Waals surface area contributed by atoms with Gasteiger partial charge in [0.15, 0.2) is 0 Å². The van der Waals surface area contributed by atoms with Gasteiger partial charge >= 0.3 is 6.47 Å². The number of aromatic nitrogens is 2. The summed E-state index contributed by atoms with van der Waals surface area (Å²) >= 11 is 12.9. The molecule has 9 nitrogen and oxygen atoms in total. The number of nitrogens with one attached hydrogen (secondary N) is 2. The summed E-state index contributed by atoms with van der Waals surface area (Å²) < 4.78 is 5.47. The number of pyridine rings is 2. The molecule has 0 aromatic carbocycles. The number of hydrogen-bond acceptors (Lipinski definition) is 8. The van der Waals surface area contributed by atoms with Gasteiger partial charge in [-0.05, 0) is 56.7 Å². The van der Waals surface area contributed by atoms with E-state index in [-0.39, 0.29) is 17.9 Å². The molecule has 11 heteroatoms. The lowest BCUT2D eigenvalue weighted by molar-refractivity contribution is -0.182. The molecule has 0 radical (unpaired) electrons. The van der Waals surface area contributed by atoms with Crippen LogP contribution in [0.25, 0.3) is 11.3 Å². The molecule has 4 rings (SSSR count). The second kappa shape index (κ2) is 12.0. The van der Waals surface area contributed by atoms with Crippen molar-refractivity contribution in [1.29, 1.82) is 0 Å². The molecule has 2 saturated heterocycles. The van der Waals surface area contributed by atoms with Gasteiger partial charge in [0.05, 0.1) is 21.7 Å². The first-order chi connectivity index (χ1) is 16.9. The van der Waals surface area contributed by atoms with E-state index in [2.05, 4.69) is 22.5 Å². The van der Waals surface area contributed by atoms with Crippen LogP contribution in [0.15, 0.2) is 24.4 Å². The summed E-state index contributed by atoms with van der Waals surface area (Å²) in [5, 5.41) is 8.62. The van der Waals surface area contributed by atoms with E-state index < -0.39 is 0 Å². The third kappa shape index (κ3) is 6.61. The Labute approximate surface area is 214 Å². The van der Waals surface area contributed by atoms with E-state index >= 15 is 0 Å². The van der Waals surface area contributed by atoms with Gasteiger partial charge < -0.3 is 20.2 Å². The lowest BCUT2D eigenvalue weighted by Gasteiger charge is -2.29. The maximum atomic E-state index is 12.8. The highest BCUT2D eigenvalue weighted by molar-refractivity contribution is 6.36. The van der Waals surface area contributed by atoms with Crippen LogP contribution in [0, 0.1) is 11.8 Å². The highest BCUT2D eigenvalue weighted by Gasteiger charge is 2.27. The van der Waals surface area contributed by atoms with Crippen molar-refractivity contribution in [3.8, 4) is 11.3 Å². The minimum atomic E-state index is -0.328. The fraction of sp³-hybridized carbons (Fsp3) is 0.500. The average molecular weight is 522 g/mol. The van der Waals surface area contributed by atoms with Gasteiger partial charge in [0.1, 0.15) is 11.6 Å². The molecule has 2 N–H and O–H groups in total.